The highest BCUT2D eigenvalue weighted by atomic mass is 16.3. The fraction of sp³-hybridized carbons (Fsp3) is 0.294. The van der Waals surface area contributed by atoms with Gasteiger partial charge in [0.2, 0.25) is 0 Å². The number of fused-ring (bicyclic) bond motifs is 1. The van der Waals surface area contributed by atoms with E-state index in [1.807, 2.05) is 18.2 Å². The number of hydrogen-bond acceptors (Lipinski definition) is 5. The van der Waals surface area contributed by atoms with Gasteiger partial charge in [0.15, 0.2) is 5.82 Å². The highest BCUT2D eigenvalue weighted by Gasteiger charge is 2.39. The molecule has 0 saturated heterocycles. The molecule has 1 aliphatic rings. The van der Waals surface area contributed by atoms with Crippen molar-refractivity contribution in [2.75, 3.05) is 0 Å². The highest BCUT2D eigenvalue weighted by molar-refractivity contribution is 5.81. The van der Waals surface area contributed by atoms with Crippen LogP contribution in [0.25, 0.3) is 16.7 Å². The summed E-state index contributed by atoms with van der Waals surface area (Å²) >= 11 is 0. The van der Waals surface area contributed by atoms with Gasteiger partial charge in [0.1, 0.15) is 6.33 Å². The van der Waals surface area contributed by atoms with Crippen molar-refractivity contribution in [3.8, 4) is 11.9 Å². The third kappa shape index (κ3) is 2.09. The lowest BCUT2D eigenvalue weighted by Crippen LogP contribution is -2.32. The topological polar surface area (TPSA) is 87.6 Å². The average Bonchev–Trinajstić information content (AvgIpc) is 2.98. The number of rotatable bonds is 3. The number of nitrogens with zero attached hydrogens (tertiary/aromatic N) is 5. The Morgan fingerprint density at radius 2 is 2.13 bits per heavy atom. The summed E-state index contributed by atoms with van der Waals surface area (Å²) in [6, 6.07) is 10.2. The zero-order chi connectivity index (χ0) is 15.9. The van der Waals surface area contributed by atoms with Gasteiger partial charge in [0.05, 0.1) is 35.5 Å². The van der Waals surface area contributed by atoms with Crippen LogP contribution in [0.3, 0.4) is 0 Å². The molecule has 23 heavy (non-hydrogen) atoms. The molecule has 0 spiro atoms. The molecule has 0 radical (unpaired) electrons. The van der Waals surface area contributed by atoms with Crippen molar-refractivity contribution in [3.63, 3.8) is 0 Å². The van der Waals surface area contributed by atoms with Crippen LogP contribution in [0, 0.1) is 11.3 Å². The van der Waals surface area contributed by atoms with E-state index in [9.17, 15) is 10.4 Å². The number of nitriles is 1. The predicted octanol–water partition coefficient (Wildman–Crippen LogP) is 2.25. The molecule has 0 aliphatic heterocycles. The highest BCUT2D eigenvalue weighted by Crippen LogP contribution is 2.43. The SMILES string of the molecule is N#CC1(c2ccc3cnn(-c4cc(CO)ncn4)c3c2)CCC1. The second-order valence-corrected chi connectivity index (χ2v) is 5.90. The molecule has 0 unspecified atom stereocenters. The largest absolute Gasteiger partial charge is 0.390 e. The summed E-state index contributed by atoms with van der Waals surface area (Å²) in [5.74, 6) is 0.607. The van der Waals surface area contributed by atoms with Gasteiger partial charge in [-0.1, -0.05) is 12.1 Å². The van der Waals surface area contributed by atoms with Crippen LogP contribution < -0.4 is 0 Å². The second-order valence-electron chi connectivity index (χ2n) is 5.90. The Hall–Kier alpha value is -2.78. The molecule has 0 atom stereocenters. The molecule has 6 heteroatoms. The van der Waals surface area contributed by atoms with Crippen molar-refractivity contribution >= 4 is 10.9 Å². The molecule has 3 aromatic rings. The van der Waals surface area contributed by atoms with Crippen molar-refractivity contribution in [2.24, 2.45) is 0 Å². The summed E-state index contributed by atoms with van der Waals surface area (Å²) in [6.07, 6.45) is 6.11. The van der Waals surface area contributed by atoms with Crippen LogP contribution in [0.5, 0.6) is 0 Å². The van der Waals surface area contributed by atoms with E-state index in [1.54, 1.807) is 16.9 Å². The van der Waals surface area contributed by atoms with Crippen LogP contribution in [0.1, 0.15) is 30.5 Å². The smallest absolute Gasteiger partial charge is 0.157 e. The second kappa shape index (κ2) is 5.14. The van der Waals surface area contributed by atoms with E-state index in [1.165, 1.54) is 6.33 Å². The molecule has 0 amide bonds. The van der Waals surface area contributed by atoms with Gasteiger partial charge in [-0.3, -0.25) is 0 Å². The zero-order valence-corrected chi connectivity index (χ0v) is 12.5. The van der Waals surface area contributed by atoms with Crippen LogP contribution >= 0.6 is 0 Å². The molecule has 0 bridgehead atoms. The average molecular weight is 305 g/mol. The van der Waals surface area contributed by atoms with Crippen molar-refractivity contribution < 1.29 is 5.11 Å². The normalized spacial score (nSPS) is 16.0. The number of aliphatic hydroxyl groups is 1. The maximum absolute atomic E-state index is 9.55. The van der Waals surface area contributed by atoms with Crippen molar-refractivity contribution in [2.45, 2.75) is 31.3 Å². The standard InChI is InChI=1S/C17H15N5O/c18-10-17(4-1-5-17)13-3-2-12-8-21-22(15(12)6-13)16-7-14(9-23)19-11-20-16/h2-3,6-8,11,23H,1,4-5,9H2. The Morgan fingerprint density at radius 3 is 2.83 bits per heavy atom. The van der Waals surface area contributed by atoms with Gasteiger partial charge in [-0.05, 0) is 30.9 Å². The molecule has 1 aliphatic carbocycles. The van der Waals surface area contributed by atoms with Crippen LogP contribution in [-0.2, 0) is 12.0 Å². The molecular weight excluding hydrogens is 290 g/mol. The fourth-order valence-corrected chi connectivity index (χ4v) is 3.08. The summed E-state index contributed by atoms with van der Waals surface area (Å²) < 4.78 is 1.73. The minimum Gasteiger partial charge on any atom is -0.390 e. The minimum absolute atomic E-state index is 0.141. The Bertz CT molecular complexity index is 920. The fourth-order valence-electron chi connectivity index (χ4n) is 3.08. The van der Waals surface area contributed by atoms with E-state index >= 15 is 0 Å². The first-order chi connectivity index (χ1) is 11.3. The Kier molecular flexibility index (Phi) is 3.10. The monoisotopic (exact) mass is 305 g/mol. The van der Waals surface area contributed by atoms with Crippen molar-refractivity contribution in [1.29, 1.82) is 5.26 Å². The molecule has 2 heterocycles. The van der Waals surface area contributed by atoms with E-state index in [4.69, 9.17) is 0 Å². The lowest BCUT2D eigenvalue weighted by molar-refractivity contribution is 0.276. The molecule has 4 rings (SSSR count). The van der Waals surface area contributed by atoms with Gasteiger partial charge in [0, 0.05) is 11.5 Å². The Balaban J connectivity index is 1.86. The summed E-state index contributed by atoms with van der Waals surface area (Å²) in [5, 5.41) is 24.2. The molecule has 1 fully saturated rings. The lowest BCUT2D eigenvalue weighted by atomic mass is 9.65. The first-order valence-electron chi connectivity index (χ1n) is 7.57. The van der Waals surface area contributed by atoms with Gasteiger partial charge in [-0.2, -0.15) is 10.4 Å². The Labute approximate surface area is 133 Å². The van der Waals surface area contributed by atoms with Crippen LogP contribution in [0.4, 0.5) is 0 Å². The van der Waals surface area contributed by atoms with E-state index < -0.39 is 0 Å². The first-order valence-corrected chi connectivity index (χ1v) is 7.57. The van der Waals surface area contributed by atoms with E-state index in [0.717, 1.165) is 35.7 Å². The number of hydrogen-bond donors (Lipinski definition) is 1. The molecule has 2 aromatic heterocycles. The third-order valence-electron chi connectivity index (χ3n) is 4.63. The van der Waals surface area contributed by atoms with Gasteiger partial charge < -0.3 is 5.11 Å². The van der Waals surface area contributed by atoms with Crippen LogP contribution in [0.15, 0.2) is 36.8 Å². The van der Waals surface area contributed by atoms with Crippen molar-refractivity contribution in [3.05, 3.63) is 48.0 Å². The third-order valence-corrected chi connectivity index (χ3v) is 4.63. The Morgan fingerprint density at radius 1 is 1.26 bits per heavy atom. The predicted molar refractivity (Wildman–Crippen MR) is 83.7 cm³/mol. The molecule has 6 nitrogen and oxygen atoms in total. The summed E-state index contributed by atoms with van der Waals surface area (Å²) in [4.78, 5) is 8.23. The molecule has 1 N–H and O–H groups in total. The van der Waals surface area contributed by atoms with E-state index in [-0.39, 0.29) is 12.0 Å². The maximum Gasteiger partial charge on any atom is 0.157 e. The van der Waals surface area contributed by atoms with Crippen LogP contribution in [0.2, 0.25) is 0 Å². The molecule has 114 valence electrons. The maximum atomic E-state index is 9.55. The van der Waals surface area contributed by atoms with Gasteiger partial charge in [0.25, 0.3) is 0 Å². The lowest BCUT2D eigenvalue weighted by Gasteiger charge is -2.35. The number of aromatic nitrogens is 4. The van der Waals surface area contributed by atoms with Gasteiger partial charge in [-0.25, -0.2) is 14.6 Å². The van der Waals surface area contributed by atoms with Gasteiger partial charge in [-0.15, -0.1) is 0 Å². The van der Waals surface area contributed by atoms with Gasteiger partial charge >= 0.3 is 0 Å². The summed E-state index contributed by atoms with van der Waals surface area (Å²) in [5.41, 5.74) is 2.14. The number of benzene rings is 1. The molecule has 1 aromatic carbocycles. The first kappa shape index (κ1) is 13.9. The zero-order valence-electron chi connectivity index (χ0n) is 12.5. The quantitative estimate of drug-likeness (QED) is 0.802. The van der Waals surface area contributed by atoms with E-state index in [2.05, 4.69) is 21.1 Å². The van der Waals surface area contributed by atoms with Crippen molar-refractivity contribution in [1.82, 2.24) is 19.7 Å². The molecule has 1 saturated carbocycles. The summed E-state index contributed by atoms with van der Waals surface area (Å²) in [7, 11) is 0. The minimum atomic E-state index is -0.356. The number of aliphatic hydroxyl groups excluding tert-OH is 1. The van der Waals surface area contributed by atoms with E-state index in [0.29, 0.717) is 11.5 Å². The van der Waals surface area contributed by atoms with Crippen LogP contribution in [-0.4, -0.2) is 24.9 Å². The molecular formula is C17H15N5O. The summed E-state index contributed by atoms with van der Waals surface area (Å²) in [6.45, 7) is -0.141.